The third kappa shape index (κ3) is 3.83. The molecule has 0 spiro atoms. The Morgan fingerprint density at radius 2 is 1.83 bits per heavy atom. The standard InChI is InChI=1S/C15H23N3/c1-11-5-7-14(8-6-11)15(13(3)17)18(4)10-12(2)9-16/h5-8,12-13,15H,10,17H2,1-4H3. The second-order valence-electron chi connectivity index (χ2n) is 5.18. The second kappa shape index (κ2) is 6.53. The molecule has 0 aromatic heterocycles. The molecule has 0 saturated carbocycles. The maximum Gasteiger partial charge on any atom is 0.0666 e. The smallest absolute Gasteiger partial charge is 0.0666 e. The van der Waals surface area contributed by atoms with Gasteiger partial charge in [0.05, 0.1) is 12.0 Å². The van der Waals surface area contributed by atoms with Crippen LogP contribution in [0.4, 0.5) is 0 Å². The fourth-order valence-corrected chi connectivity index (χ4v) is 2.31. The molecule has 0 fully saturated rings. The first-order chi connectivity index (χ1) is 8.45. The summed E-state index contributed by atoms with van der Waals surface area (Å²) in [7, 11) is 2.03. The number of hydrogen-bond donors (Lipinski definition) is 1. The quantitative estimate of drug-likeness (QED) is 0.867. The van der Waals surface area contributed by atoms with Crippen molar-refractivity contribution in [2.75, 3.05) is 13.6 Å². The van der Waals surface area contributed by atoms with E-state index in [1.807, 2.05) is 20.9 Å². The Hall–Kier alpha value is -1.37. The number of benzene rings is 1. The zero-order valence-electron chi connectivity index (χ0n) is 11.7. The van der Waals surface area contributed by atoms with Crippen molar-refractivity contribution in [1.29, 1.82) is 5.26 Å². The lowest BCUT2D eigenvalue weighted by molar-refractivity contribution is 0.205. The Bertz CT molecular complexity index is 403. The fraction of sp³-hybridized carbons (Fsp3) is 0.533. The number of nitriles is 1. The highest BCUT2D eigenvalue weighted by atomic mass is 15.1. The Kier molecular flexibility index (Phi) is 5.33. The van der Waals surface area contributed by atoms with Crippen LogP contribution < -0.4 is 5.73 Å². The minimum absolute atomic E-state index is 0.0155. The van der Waals surface area contributed by atoms with Crippen LogP contribution in [0.25, 0.3) is 0 Å². The Labute approximate surface area is 110 Å². The summed E-state index contributed by atoms with van der Waals surface area (Å²) in [6.45, 7) is 6.75. The van der Waals surface area contributed by atoms with Gasteiger partial charge in [0.15, 0.2) is 0 Å². The van der Waals surface area contributed by atoms with Crippen LogP contribution in [0.3, 0.4) is 0 Å². The van der Waals surface area contributed by atoms with Gasteiger partial charge in [-0.2, -0.15) is 5.26 Å². The van der Waals surface area contributed by atoms with Crippen molar-refractivity contribution in [3.05, 3.63) is 35.4 Å². The molecule has 18 heavy (non-hydrogen) atoms. The van der Waals surface area contributed by atoms with Crippen molar-refractivity contribution in [3.63, 3.8) is 0 Å². The molecule has 3 atom stereocenters. The zero-order valence-corrected chi connectivity index (χ0v) is 11.7. The third-order valence-electron chi connectivity index (χ3n) is 3.17. The highest BCUT2D eigenvalue weighted by Crippen LogP contribution is 2.23. The van der Waals surface area contributed by atoms with Crippen molar-refractivity contribution in [2.24, 2.45) is 11.7 Å². The summed E-state index contributed by atoms with van der Waals surface area (Å²) in [5.74, 6) is 0.0155. The third-order valence-corrected chi connectivity index (χ3v) is 3.17. The van der Waals surface area contributed by atoms with Crippen LogP contribution in [0.15, 0.2) is 24.3 Å². The van der Waals surface area contributed by atoms with Gasteiger partial charge in [-0.05, 0) is 33.4 Å². The molecule has 0 amide bonds. The number of likely N-dealkylation sites (N-methyl/N-ethyl adjacent to an activating group) is 1. The van der Waals surface area contributed by atoms with Gasteiger partial charge in [-0.3, -0.25) is 4.90 Å². The SMILES string of the molecule is Cc1ccc(C(C(C)N)N(C)CC(C)C#N)cc1. The normalized spacial score (nSPS) is 16.1. The molecule has 0 aliphatic heterocycles. The number of rotatable bonds is 5. The highest BCUT2D eigenvalue weighted by molar-refractivity contribution is 5.25. The molecule has 3 nitrogen and oxygen atoms in total. The van der Waals surface area contributed by atoms with Crippen molar-refractivity contribution < 1.29 is 0 Å². The molecule has 98 valence electrons. The summed E-state index contributed by atoms with van der Waals surface area (Å²) in [5.41, 5.74) is 8.56. The minimum atomic E-state index is 0.0155. The molecule has 3 unspecified atom stereocenters. The lowest BCUT2D eigenvalue weighted by Crippen LogP contribution is -2.39. The molecular formula is C15H23N3. The lowest BCUT2D eigenvalue weighted by atomic mass is 9.97. The molecule has 0 saturated heterocycles. The number of nitrogens with two attached hydrogens (primary N) is 1. The van der Waals surface area contributed by atoms with Gasteiger partial charge in [-0.1, -0.05) is 29.8 Å². The molecule has 0 aliphatic rings. The molecule has 1 aromatic carbocycles. The van der Waals surface area contributed by atoms with Crippen molar-refractivity contribution in [1.82, 2.24) is 4.90 Å². The number of aryl methyl sites for hydroxylation is 1. The summed E-state index contributed by atoms with van der Waals surface area (Å²) >= 11 is 0. The van der Waals surface area contributed by atoms with Gasteiger partial charge >= 0.3 is 0 Å². The molecule has 0 aliphatic carbocycles. The molecular weight excluding hydrogens is 222 g/mol. The monoisotopic (exact) mass is 245 g/mol. The van der Waals surface area contributed by atoms with Crippen molar-refractivity contribution in [2.45, 2.75) is 32.9 Å². The van der Waals surface area contributed by atoms with Crippen LogP contribution in [-0.2, 0) is 0 Å². The maximum absolute atomic E-state index is 8.90. The molecule has 2 N–H and O–H groups in total. The largest absolute Gasteiger partial charge is 0.326 e. The molecule has 1 rings (SSSR count). The minimum Gasteiger partial charge on any atom is -0.326 e. The van der Waals surface area contributed by atoms with E-state index in [2.05, 4.69) is 42.2 Å². The first-order valence-corrected chi connectivity index (χ1v) is 6.37. The van der Waals surface area contributed by atoms with E-state index in [-0.39, 0.29) is 18.0 Å². The van der Waals surface area contributed by atoms with Crippen LogP contribution in [0.2, 0.25) is 0 Å². The summed E-state index contributed by atoms with van der Waals surface area (Å²) < 4.78 is 0. The maximum atomic E-state index is 8.90. The average Bonchev–Trinajstić information content (AvgIpc) is 2.31. The van der Waals surface area contributed by atoms with Gasteiger partial charge in [0.1, 0.15) is 0 Å². The van der Waals surface area contributed by atoms with Crippen LogP contribution in [0.5, 0.6) is 0 Å². The van der Waals surface area contributed by atoms with Crippen LogP contribution >= 0.6 is 0 Å². The topological polar surface area (TPSA) is 53.0 Å². The van der Waals surface area contributed by atoms with E-state index in [0.717, 1.165) is 6.54 Å². The van der Waals surface area contributed by atoms with Gasteiger partial charge in [-0.15, -0.1) is 0 Å². The van der Waals surface area contributed by atoms with Crippen molar-refractivity contribution >= 4 is 0 Å². The Balaban J connectivity index is 2.89. The highest BCUT2D eigenvalue weighted by Gasteiger charge is 2.22. The average molecular weight is 245 g/mol. The van der Waals surface area contributed by atoms with Crippen LogP contribution in [0, 0.1) is 24.2 Å². The van der Waals surface area contributed by atoms with Crippen molar-refractivity contribution in [3.8, 4) is 6.07 Å². The van der Waals surface area contributed by atoms with E-state index in [9.17, 15) is 0 Å². The summed E-state index contributed by atoms with van der Waals surface area (Å²) in [6, 6.07) is 10.9. The summed E-state index contributed by atoms with van der Waals surface area (Å²) in [5, 5.41) is 8.90. The lowest BCUT2D eigenvalue weighted by Gasteiger charge is -2.32. The first-order valence-electron chi connectivity index (χ1n) is 6.37. The molecule has 1 aromatic rings. The van der Waals surface area contributed by atoms with Gasteiger partial charge in [0.25, 0.3) is 0 Å². The Morgan fingerprint density at radius 1 is 1.28 bits per heavy atom. The van der Waals surface area contributed by atoms with E-state index >= 15 is 0 Å². The predicted molar refractivity (Wildman–Crippen MR) is 75.0 cm³/mol. The van der Waals surface area contributed by atoms with Gasteiger partial charge in [-0.25, -0.2) is 0 Å². The first kappa shape index (κ1) is 14.7. The van der Waals surface area contributed by atoms with E-state index in [1.54, 1.807) is 0 Å². The second-order valence-corrected chi connectivity index (χ2v) is 5.18. The molecule has 3 heteroatoms. The van der Waals surface area contributed by atoms with Gasteiger partial charge < -0.3 is 5.73 Å². The van der Waals surface area contributed by atoms with Gasteiger partial charge in [0, 0.05) is 18.6 Å². The summed E-state index contributed by atoms with van der Waals surface area (Å²) in [4.78, 5) is 2.17. The zero-order chi connectivity index (χ0) is 13.7. The van der Waals surface area contributed by atoms with E-state index in [4.69, 9.17) is 11.0 Å². The number of hydrogen-bond acceptors (Lipinski definition) is 3. The van der Waals surface area contributed by atoms with Gasteiger partial charge in [0.2, 0.25) is 0 Å². The van der Waals surface area contributed by atoms with E-state index in [0.29, 0.717) is 0 Å². The van der Waals surface area contributed by atoms with Crippen LogP contribution in [0.1, 0.15) is 31.0 Å². The molecule has 0 radical (unpaired) electrons. The van der Waals surface area contributed by atoms with E-state index in [1.165, 1.54) is 11.1 Å². The fourth-order valence-electron chi connectivity index (χ4n) is 2.31. The predicted octanol–water partition coefficient (Wildman–Crippen LogP) is 2.47. The van der Waals surface area contributed by atoms with Crippen LogP contribution in [-0.4, -0.2) is 24.5 Å². The molecule has 0 heterocycles. The summed E-state index contributed by atoms with van der Waals surface area (Å²) in [6.07, 6.45) is 0. The number of nitrogens with zero attached hydrogens (tertiary/aromatic N) is 2. The Morgan fingerprint density at radius 3 is 2.28 bits per heavy atom. The van der Waals surface area contributed by atoms with E-state index < -0.39 is 0 Å². The molecule has 0 bridgehead atoms.